The molecule has 0 fully saturated rings. The van der Waals surface area contributed by atoms with Crippen LogP contribution in [0.5, 0.6) is 5.75 Å². The summed E-state index contributed by atoms with van der Waals surface area (Å²) in [5.74, 6) is 0.106. The molecule has 0 aliphatic heterocycles. The molecule has 2 unspecified atom stereocenters. The van der Waals surface area contributed by atoms with Crippen molar-refractivity contribution in [2.75, 3.05) is 13.6 Å². The van der Waals surface area contributed by atoms with Crippen LogP contribution in [-0.4, -0.2) is 47.3 Å². The van der Waals surface area contributed by atoms with Gasteiger partial charge in [0.15, 0.2) is 6.10 Å². The van der Waals surface area contributed by atoms with Gasteiger partial charge in [0.2, 0.25) is 0 Å². The first kappa shape index (κ1) is 27.7. The van der Waals surface area contributed by atoms with Gasteiger partial charge in [-0.15, -0.1) is 0 Å². The number of carbonyl (C=O) groups excluding carboxylic acids is 1. The molecular weight excluding hydrogens is 534 g/mol. The highest BCUT2D eigenvalue weighted by Gasteiger charge is 2.51. The molecule has 1 aliphatic rings. The van der Waals surface area contributed by atoms with Gasteiger partial charge in [0, 0.05) is 28.0 Å². The lowest BCUT2D eigenvalue weighted by atomic mass is 9.59. The van der Waals surface area contributed by atoms with Gasteiger partial charge in [-0.25, -0.2) is 4.79 Å². The lowest BCUT2D eigenvalue weighted by Gasteiger charge is -2.56. The fraction of sp³-hybridized carbons (Fsp3) is 0.629. The van der Waals surface area contributed by atoms with Crippen molar-refractivity contribution in [3.8, 4) is 5.75 Å². The molecular formula is C35H52ClNO4. The van der Waals surface area contributed by atoms with Gasteiger partial charge in [0.25, 0.3) is 0 Å². The molecule has 0 saturated carbocycles. The number of halogens is 1. The summed E-state index contributed by atoms with van der Waals surface area (Å²) in [4.78, 5) is 14.7. The largest absolute Gasteiger partial charge is 0.478 e. The highest BCUT2D eigenvalue weighted by atomic mass is 35.5. The first-order valence-corrected chi connectivity index (χ1v) is 14.9. The molecule has 5 nitrogen and oxygen atoms in total. The zero-order valence-electron chi connectivity index (χ0n) is 31.2. The van der Waals surface area contributed by atoms with Gasteiger partial charge in [-0.05, 0) is 126 Å². The number of β-amino-alcohol motifs (C(OH)–C–C–N with tert-alkyl or cyclic N) is 1. The maximum atomic E-state index is 12.9. The highest BCUT2D eigenvalue weighted by Crippen LogP contribution is 2.51. The fourth-order valence-electron chi connectivity index (χ4n) is 6.20. The van der Waals surface area contributed by atoms with Gasteiger partial charge in [-0.3, -0.25) is 4.90 Å². The number of fused-ring (bicyclic) bond motifs is 1. The van der Waals surface area contributed by atoms with E-state index in [4.69, 9.17) is 21.1 Å². The number of carbonyl (C=O) groups is 1. The molecule has 3 rings (SSSR count). The smallest absolute Gasteiger partial charge is 0.347 e. The average molecular weight is 590 g/mol. The molecule has 0 spiro atoms. The molecule has 0 radical (unpaired) electrons. The maximum Gasteiger partial charge on any atom is 0.347 e. The van der Waals surface area contributed by atoms with E-state index in [1.54, 1.807) is 51.8 Å². The normalized spacial score (nSPS) is 25.2. The standard InChI is InChI=1S/C35H52ClNO4/c1-20(2)25(7)41-32(38)26(8)40-31-22(4)18-27-16-17-35(12,33(9,10)30(27)24(31)6)37(13)19-34(11,39)29-21(3)14-15-28(36)23(29)5/h14-15,18,20,25-26,39H,16-17,19H2,1-13H3/t25?,26?,34-,35-/m0/s1/i16D2,17D2. The van der Waals surface area contributed by atoms with Crippen LogP contribution in [0, 0.1) is 33.6 Å². The lowest BCUT2D eigenvalue weighted by molar-refractivity contribution is -0.157. The molecule has 0 saturated heterocycles. The number of nitrogens with zero attached hydrogens (tertiary/aromatic N) is 1. The van der Waals surface area contributed by atoms with Gasteiger partial charge in [-0.2, -0.15) is 0 Å². The van der Waals surface area contributed by atoms with Crippen molar-refractivity contribution in [3.63, 3.8) is 0 Å². The molecule has 4 atom stereocenters. The van der Waals surface area contributed by atoms with Gasteiger partial charge in [-0.1, -0.05) is 51.4 Å². The van der Waals surface area contributed by atoms with Gasteiger partial charge >= 0.3 is 5.97 Å². The Bertz CT molecular complexity index is 1470. The van der Waals surface area contributed by atoms with E-state index in [0.29, 0.717) is 33.0 Å². The van der Waals surface area contributed by atoms with E-state index in [1.807, 2.05) is 61.5 Å². The van der Waals surface area contributed by atoms with Gasteiger partial charge in [0.1, 0.15) is 17.5 Å². The van der Waals surface area contributed by atoms with Crippen molar-refractivity contribution < 1.29 is 24.9 Å². The Morgan fingerprint density at radius 1 is 1.12 bits per heavy atom. The Labute approximate surface area is 259 Å². The summed E-state index contributed by atoms with van der Waals surface area (Å²) in [5.41, 5.74) is 0.455. The second-order valence-electron chi connectivity index (χ2n) is 13.2. The Morgan fingerprint density at radius 3 is 2.32 bits per heavy atom. The van der Waals surface area contributed by atoms with E-state index in [9.17, 15) is 15.4 Å². The second kappa shape index (κ2) is 11.9. The number of likely N-dealkylation sites (N-methyl/N-ethyl adjacent to an activating group) is 1. The quantitative estimate of drug-likeness (QED) is 0.303. The summed E-state index contributed by atoms with van der Waals surface area (Å²) in [6.07, 6.45) is -6.02. The minimum atomic E-state index is -2.42. The fourth-order valence-corrected chi connectivity index (χ4v) is 6.36. The molecule has 0 amide bonds. The lowest BCUT2D eigenvalue weighted by Crippen LogP contribution is -2.61. The van der Waals surface area contributed by atoms with E-state index in [1.165, 1.54) is 0 Å². The minimum absolute atomic E-state index is 0.00501. The summed E-state index contributed by atoms with van der Waals surface area (Å²) >= 11 is 6.45. The third kappa shape index (κ3) is 6.19. The Kier molecular flexibility index (Phi) is 8.05. The summed E-state index contributed by atoms with van der Waals surface area (Å²) in [7, 11) is 1.74. The number of ether oxygens (including phenoxy) is 2. The highest BCUT2D eigenvalue weighted by molar-refractivity contribution is 6.31. The summed E-state index contributed by atoms with van der Waals surface area (Å²) < 4.78 is 49.3. The molecule has 2 aromatic rings. The number of hydrogen-bond acceptors (Lipinski definition) is 5. The number of rotatable bonds is 9. The van der Waals surface area contributed by atoms with Crippen LogP contribution < -0.4 is 4.74 Å². The van der Waals surface area contributed by atoms with Gasteiger partial charge in [0.05, 0.1) is 0 Å². The van der Waals surface area contributed by atoms with Crippen LogP contribution in [-0.2, 0) is 26.9 Å². The van der Waals surface area contributed by atoms with Crippen LogP contribution >= 0.6 is 11.6 Å². The number of esters is 1. The Morgan fingerprint density at radius 2 is 1.73 bits per heavy atom. The number of aryl methyl sites for hydroxylation is 3. The molecule has 228 valence electrons. The van der Waals surface area contributed by atoms with Crippen LogP contribution in [0.1, 0.15) is 106 Å². The zero-order valence-corrected chi connectivity index (χ0v) is 27.9. The number of benzene rings is 2. The molecule has 0 bridgehead atoms. The minimum Gasteiger partial charge on any atom is -0.478 e. The summed E-state index contributed by atoms with van der Waals surface area (Å²) in [6, 6.07) is 5.30. The molecule has 1 aliphatic carbocycles. The molecule has 41 heavy (non-hydrogen) atoms. The Balaban J connectivity index is 2.18. The van der Waals surface area contributed by atoms with E-state index in [2.05, 4.69) is 0 Å². The van der Waals surface area contributed by atoms with Gasteiger partial charge < -0.3 is 14.6 Å². The molecule has 0 heterocycles. The van der Waals surface area contributed by atoms with E-state index >= 15 is 0 Å². The molecule has 1 N–H and O–H groups in total. The van der Waals surface area contributed by atoms with Crippen molar-refractivity contribution in [3.05, 3.63) is 62.2 Å². The first-order chi connectivity index (χ1) is 20.3. The van der Waals surface area contributed by atoms with E-state index in [0.717, 1.165) is 11.1 Å². The van der Waals surface area contributed by atoms with Crippen molar-refractivity contribution >= 4 is 17.6 Å². The van der Waals surface area contributed by atoms with E-state index in [-0.39, 0.29) is 24.1 Å². The average Bonchev–Trinajstić information content (AvgIpc) is 2.90. The van der Waals surface area contributed by atoms with Crippen LogP contribution in [0.15, 0.2) is 18.2 Å². The monoisotopic (exact) mass is 589 g/mol. The predicted octanol–water partition coefficient (Wildman–Crippen LogP) is 7.75. The van der Waals surface area contributed by atoms with Crippen LogP contribution in [0.4, 0.5) is 0 Å². The van der Waals surface area contributed by atoms with Crippen molar-refractivity contribution in [2.24, 2.45) is 5.92 Å². The topological polar surface area (TPSA) is 59.0 Å². The van der Waals surface area contributed by atoms with Crippen molar-refractivity contribution in [1.82, 2.24) is 4.90 Å². The molecule has 2 aromatic carbocycles. The first-order valence-electron chi connectivity index (χ1n) is 16.5. The zero-order chi connectivity index (χ0) is 34.8. The number of hydrogen-bond donors (Lipinski definition) is 1. The SMILES string of the molecule is [2H]C1([2H])c2cc(C)c(OC(C)C(=O)OC(C)C(C)C)c(C)c2C(C)(C)[C@@](C)(N(C)C[C@](C)(O)c2c(C)ccc(Cl)c2C)C1([2H])[2H]. The van der Waals surface area contributed by atoms with Crippen molar-refractivity contribution in [2.45, 2.75) is 125 Å². The van der Waals surface area contributed by atoms with E-state index < -0.39 is 41.4 Å². The maximum absolute atomic E-state index is 12.9. The van der Waals surface area contributed by atoms with Crippen LogP contribution in [0.25, 0.3) is 0 Å². The summed E-state index contributed by atoms with van der Waals surface area (Å²) in [6.45, 7) is 22.0. The number of aliphatic hydroxyl groups is 1. The molecule has 0 aromatic heterocycles. The Hall–Kier alpha value is -2.08. The van der Waals surface area contributed by atoms with Crippen molar-refractivity contribution in [1.29, 1.82) is 0 Å². The molecule has 6 heteroatoms. The predicted molar refractivity (Wildman–Crippen MR) is 169 cm³/mol. The van der Waals surface area contributed by atoms with Crippen LogP contribution in [0.2, 0.25) is 5.02 Å². The third-order valence-electron chi connectivity index (χ3n) is 9.31. The second-order valence-corrected chi connectivity index (χ2v) is 13.6. The third-order valence-corrected chi connectivity index (χ3v) is 9.72. The summed E-state index contributed by atoms with van der Waals surface area (Å²) in [5, 5.41) is 12.5. The van der Waals surface area contributed by atoms with Crippen LogP contribution in [0.3, 0.4) is 0 Å².